The van der Waals surface area contributed by atoms with Gasteiger partial charge >= 0.3 is 5.97 Å². The van der Waals surface area contributed by atoms with Gasteiger partial charge in [0.1, 0.15) is 0 Å². The van der Waals surface area contributed by atoms with Crippen molar-refractivity contribution in [2.75, 3.05) is 11.4 Å². The summed E-state index contributed by atoms with van der Waals surface area (Å²) >= 11 is 0. The van der Waals surface area contributed by atoms with Gasteiger partial charge in [0.15, 0.2) is 0 Å². The molecule has 0 saturated heterocycles. The Morgan fingerprint density at radius 3 is 2.68 bits per heavy atom. The molecule has 1 heterocycles. The van der Waals surface area contributed by atoms with Crippen molar-refractivity contribution in [3.8, 4) is 0 Å². The highest BCUT2D eigenvalue weighted by molar-refractivity contribution is 6.52. The average Bonchev–Trinajstić information content (AvgIpc) is 2.63. The number of rotatable bonds is 5. The Kier molecular flexibility index (Phi) is 3.64. The highest BCUT2D eigenvalue weighted by Crippen LogP contribution is 2.30. The van der Waals surface area contributed by atoms with Crippen LogP contribution in [0.15, 0.2) is 18.2 Å². The Morgan fingerprint density at radius 2 is 2.05 bits per heavy atom. The number of hydrogen-bond donors (Lipinski definition) is 1. The molecule has 0 atom stereocenters. The van der Waals surface area contributed by atoms with Crippen LogP contribution in [0.25, 0.3) is 0 Å². The summed E-state index contributed by atoms with van der Waals surface area (Å²) in [7, 11) is 0. The second kappa shape index (κ2) is 5.22. The molecule has 0 spiro atoms. The number of carboxylic acids is 1. The van der Waals surface area contributed by atoms with Crippen LogP contribution in [0.3, 0.4) is 0 Å². The van der Waals surface area contributed by atoms with Crippen LogP contribution in [0.5, 0.6) is 0 Å². The zero-order chi connectivity index (χ0) is 14.0. The van der Waals surface area contributed by atoms with Crippen LogP contribution in [0.2, 0.25) is 0 Å². The number of benzene rings is 1. The number of aryl methyl sites for hydroxylation is 1. The number of ketones is 1. The van der Waals surface area contributed by atoms with Crippen molar-refractivity contribution < 1.29 is 19.5 Å². The molecule has 1 N–H and O–H groups in total. The van der Waals surface area contributed by atoms with E-state index in [9.17, 15) is 14.4 Å². The fourth-order valence-electron chi connectivity index (χ4n) is 2.18. The van der Waals surface area contributed by atoms with Crippen molar-refractivity contribution in [1.82, 2.24) is 0 Å². The van der Waals surface area contributed by atoms with Crippen molar-refractivity contribution in [2.24, 2.45) is 0 Å². The molecule has 1 aliphatic rings. The number of amides is 1. The van der Waals surface area contributed by atoms with Crippen molar-refractivity contribution >= 4 is 23.3 Å². The maximum absolute atomic E-state index is 11.9. The predicted molar refractivity (Wildman–Crippen MR) is 69.4 cm³/mol. The highest BCUT2D eigenvalue weighted by atomic mass is 16.4. The van der Waals surface area contributed by atoms with Gasteiger partial charge in [-0.3, -0.25) is 14.4 Å². The summed E-state index contributed by atoms with van der Waals surface area (Å²) in [6, 6.07) is 5.39. The third kappa shape index (κ3) is 2.50. The highest BCUT2D eigenvalue weighted by Gasteiger charge is 2.35. The zero-order valence-electron chi connectivity index (χ0n) is 10.7. The monoisotopic (exact) mass is 261 g/mol. The molecule has 1 amide bonds. The van der Waals surface area contributed by atoms with Gasteiger partial charge in [0, 0.05) is 13.0 Å². The van der Waals surface area contributed by atoms with Crippen LogP contribution in [0.1, 0.15) is 35.7 Å². The number of fused-ring (bicyclic) bond motifs is 1. The first kappa shape index (κ1) is 13.3. The second-order valence-corrected chi connectivity index (χ2v) is 4.49. The molecule has 2 rings (SSSR count). The Bertz CT molecular complexity index is 550. The second-order valence-electron chi connectivity index (χ2n) is 4.49. The quantitative estimate of drug-likeness (QED) is 0.818. The third-order valence-electron chi connectivity index (χ3n) is 3.22. The molecule has 0 fully saturated rings. The number of carboxylic acid groups (broad SMARTS) is 1. The van der Waals surface area contributed by atoms with Gasteiger partial charge in [-0.05, 0) is 30.5 Å². The number of aliphatic carboxylic acids is 1. The minimum absolute atomic E-state index is 0.0135. The molecule has 5 heteroatoms. The fraction of sp³-hybridized carbons (Fsp3) is 0.357. The Balaban J connectivity index is 2.22. The molecular weight excluding hydrogens is 246 g/mol. The topological polar surface area (TPSA) is 74.7 Å². The molecule has 1 aromatic rings. The molecule has 0 aliphatic carbocycles. The summed E-state index contributed by atoms with van der Waals surface area (Å²) in [5.41, 5.74) is 2.03. The van der Waals surface area contributed by atoms with Crippen LogP contribution in [0.4, 0.5) is 5.69 Å². The first-order valence-electron chi connectivity index (χ1n) is 6.25. The molecule has 100 valence electrons. The molecule has 0 saturated carbocycles. The minimum atomic E-state index is -0.903. The Morgan fingerprint density at radius 1 is 1.32 bits per heavy atom. The van der Waals surface area contributed by atoms with E-state index in [2.05, 4.69) is 0 Å². The molecule has 1 aliphatic heterocycles. The minimum Gasteiger partial charge on any atom is -0.481 e. The Labute approximate surface area is 110 Å². The Hall–Kier alpha value is -2.17. The van der Waals surface area contributed by atoms with Gasteiger partial charge < -0.3 is 10.0 Å². The van der Waals surface area contributed by atoms with E-state index in [1.807, 2.05) is 13.0 Å². The van der Waals surface area contributed by atoms with Crippen LogP contribution < -0.4 is 4.90 Å². The zero-order valence-corrected chi connectivity index (χ0v) is 10.7. The lowest BCUT2D eigenvalue weighted by Gasteiger charge is -2.15. The van der Waals surface area contributed by atoms with E-state index in [1.165, 1.54) is 4.90 Å². The van der Waals surface area contributed by atoms with E-state index in [4.69, 9.17) is 5.11 Å². The standard InChI is InChI=1S/C14H15NO4/c1-2-9-5-6-11-10(8-9)13(18)14(19)15(11)7-3-4-12(16)17/h5-6,8H,2-4,7H2,1H3,(H,16,17). The first-order chi connectivity index (χ1) is 9.04. The first-order valence-corrected chi connectivity index (χ1v) is 6.25. The normalized spacial score (nSPS) is 13.8. The predicted octanol–water partition coefficient (Wildman–Crippen LogP) is 1.64. The van der Waals surface area contributed by atoms with E-state index >= 15 is 0 Å². The largest absolute Gasteiger partial charge is 0.481 e. The van der Waals surface area contributed by atoms with Crippen LogP contribution in [0, 0.1) is 0 Å². The van der Waals surface area contributed by atoms with E-state index in [0.29, 0.717) is 17.7 Å². The number of anilines is 1. The summed E-state index contributed by atoms with van der Waals surface area (Å²) in [6.45, 7) is 2.24. The van der Waals surface area contributed by atoms with Crippen LogP contribution in [-0.2, 0) is 16.0 Å². The third-order valence-corrected chi connectivity index (χ3v) is 3.22. The summed E-state index contributed by atoms with van der Waals surface area (Å²) < 4.78 is 0. The van der Waals surface area contributed by atoms with Crippen molar-refractivity contribution in [3.63, 3.8) is 0 Å². The summed E-state index contributed by atoms with van der Waals surface area (Å²) in [4.78, 5) is 35.6. The lowest BCUT2D eigenvalue weighted by atomic mass is 10.1. The molecule has 1 aromatic carbocycles. The smallest absolute Gasteiger partial charge is 0.303 e. The maximum atomic E-state index is 11.9. The summed E-state index contributed by atoms with van der Waals surface area (Å²) in [5.74, 6) is -1.96. The van der Waals surface area contributed by atoms with E-state index in [-0.39, 0.29) is 13.0 Å². The molecule has 0 unspecified atom stereocenters. The van der Waals surface area contributed by atoms with Gasteiger partial charge in [0.25, 0.3) is 11.7 Å². The number of carbonyl (C=O) groups is 3. The van der Waals surface area contributed by atoms with Gasteiger partial charge in [0.05, 0.1) is 11.3 Å². The van der Waals surface area contributed by atoms with Gasteiger partial charge in [-0.2, -0.15) is 0 Å². The van der Waals surface area contributed by atoms with E-state index < -0.39 is 17.7 Å². The van der Waals surface area contributed by atoms with E-state index in [1.54, 1.807) is 12.1 Å². The maximum Gasteiger partial charge on any atom is 0.303 e. The summed E-state index contributed by atoms with van der Waals surface area (Å²) in [5, 5.41) is 8.60. The van der Waals surface area contributed by atoms with E-state index in [0.717, 1.165) is 12.0 Å². The number of Topliss-reactive ketones (excluding diaryl/α,β-unsaturated/α-hetero) is 1. The summed E-state index contributed by atoms with van der Waals surface area (Å²) in [6.07, 6.45) is 1.12. The molecule has 0 bridgehead atoms. The number of hydrogen-bond acceptors (Lipinski definition) is 3. The molecular formula is C14H15NO4. The lowest BCUT2D eigenvalue weighted by molar-refractivity contribution is -0.137. The van der Waals surface area contributed by atoms with Gasteiger partial charge in [0.2, 0.25) is 0 Å². The number of carbonyl (C=O) groups excluding carboxylic acids is 2. The fourth-order valence-corrected chi connectivity index (χ4v) is 2.18. The molecule has 19 heavy (non-hydrogen) atoms. The van der Waals surface area contributed by atoms with Gasteiger partial charge in [-0.25, -0.2) is 0 Å². The van der Waals surface area contributed by atoms with Crippen LogP contribution >= 0.6 is 0 Å². The van der Waals surface area contributed by atoms with Crippen molar-refractivity contribution in [3.05, 3.63) is 29.3 Å². The SMILES string of the molecule is CCc1ccc2c(c1)C(=O)C(=O)N2CCCC(=O)O. The molecule has 0 aromatic heterocycles. The number of nitrogens with zero attached hydrogens (tertiary/aromatic N) is 1. The van der Waals surface area contributed by atoms with Crippen LogP contribution in [-0.4, -0.2) is 29.3 Å². The molecule has 0 radical (unpaired) electrons. The lowest BCUT2D eigenvalue weighted by Crippen LogP contribution is -2.30. The van der Waals surface area contributed by atoms with Crippen molar-refractivity contribution in [2.45, 2.75) is 26.2 Å². The van der Waals surface area contributed by atoms with Gasteiger partial charge in [-0.1, -0.05) is 13.0 Å². The molecule has 5 nitrogen and oxygen atoms in total. The average molecular weight is 261 g/mol. The van der Waals surface area contributed by atoms with Crippen molar-refractivity contribution in [1.29, 1.82) is 0 Å². The van der Waals surface area contributed by atoms with Gasteiger partial charge in [-0.15, -0.1) is 0 Å².